The van der Waals surface area contributed by atoms with Crippen LogP contribution in [0.15, 0.2) is 29.3 Å². The first-order valence-electron chi connectivity index (χ1n) is 6.75. The number of nitrogens with zero attached hydrogens (tertiary/aromatic N) is 2. The van der Waals surface area contributed by atoms with Crippen LogP contribution >= 0.6 is 11.9 Å². The van der Waals surface area contributed by atoms with Crippen LogP contribution in [0, 0.1) is 6.92 Å². The monoisotopic (exact) mass is 262 g/mol. The molecule has 1 saturated carbocycles. The van der Waals surface area contributed by atoms with E-state index in [1.165, 1.54) is 37.7 Å². The van der Waals surface area contributed by atoms with Crippen LogP contribution < -0.4 is 0 Å². The van der Waals surface area contributed by atoms with Crippen molar-refractivity contribution in [1.82, 2.24) is 4.31 Å². The van der Waals surface area contributed by atoms with Gasteiger partial charge in [0.15, 0.2) is 0 Å². The molecule has 18 heavy (non-hydrogen) atoms. The molecule has 0 bridgehead atoms. The summed E-state index contributed by atoms with van der Waals surface area (Å²) in [4.78, 5) is 4.55. The first-order chi connectivity index (χ1) is 8.75. The van der Waals surface area contributed by atoms with Gasteiger partial charge in [-0.15, -0.1) is 0 Å². The van der Waals surface area contributed by atoms with E-state index in [9.17, 15) is 0 Å². The van der Waals surface area contributed by atoms with E-state index < -0.39 is 0 Å². The smallest absolute Gasteiger partial charge is 0.101 e. The first-order valence-corrected chi connectivity index (χ1v) is 7.59. The van der Waals surface area contributed by atoms with Gasteiger partial charge in [0, 0.05) is 12.3 Å². The molecule has 0 aliphatic heterocycles. The molecule has 0 heterocycles. The van der Waals surface area contributed by atoms with Crippen LogP contribution in [0.4, 0.5) is 5.69 Å². The van der Waals surface area contributed by atoms with Gasteiger partial charge in [0.25, 0.3) is 0 Å². The lowest BCUT2D eigenvalue weighted by Gasteiger charge is -2.24. The maximum atomic E-state index is 4.55. The van der Waals surface area contributed by atoms with Crippen LogP contribution in [0.25, 0.3) is 0 Å². The van der Waals surface area contributed by atoms with Gasteiger partial charge in [-0.2, -0.15) is 0 Å². The highest BCUT2D eigenvalue weighted by molar-refractivity contribution is 7.98. The molecule has 1 aliphatic carbocycles. The number of benzene rings is 1. The fourth-order valence-corrected chi connectivity index (χ4v) is 3.40. The summed E-state index contributed by atoms with van der Waals surface area (Å²) in [5.74, 6) is 0. The van der Waals surface area contributed by atoms with Crippen molar-refractivity contribution in [3.63, 3.8) is 0 Å². The van der Waals surface area contributed by atoms with Crippen molar-refractivity contribution >= 4 is 24.0 Å². The molecule has 0 amide bonds. The third-order valence-corrected chi connectivity index (χ3v) is 4.54. The molecule has 2 rings (SSSR count). The number of hydrogen-bond donors (Lipinski definition) is 0. The molecule has 1 aromatic rings. The maximum absolute atomic E-state index is 4.55. The highest BCUT2D eigenvalue weighted by atomic mass is 32.2. The topological polar surface area (TPSA) is 15.6 Å². The summed E-state index contributed by atoms with van der Waals surface area (Å²) in [6, 6.07) is 8.24. The Labute approximate surface area is 115 Å². The van der Waals surface area contributed by atoms with E-state index in [1.54, 1.807) is 0 Å². The van der Waals surface area contributed by atoms with E-state index in [4.69, 9.17) is 0 Å². The lowest BCUT2D eigenvalue weighted by molar-refractivity contribution is 0.512. The quantitative estimate of drug-likeness (QED) is 0.449. The molecule has 0 saturated heterocycles. The number of aryl methyl sites for hydroxylation is 1. The lowest BCUT2D eigenvalue weighted by atomic mass is 10.0. The summed E-state index contributed by atoms with van der Waals surface area (Å²) < 4.78 is 2.16. The fraction of sp³-hybridized carbons (Fsp3) is 0.533. The molecule has 0 N–H and O–H groups in total. The van der Waals surface area contributed by atoms with Crippen molar-refractivity contribution in [1.29, 1.82) is 0 Å². The number of rotatable bonds is 4. The molecule has 0 unspecified atom stereocenters. The van der Waals surface area contributed by atoms with Crippen molar-refractivity contribution in [3.8, 4) is 0 Å². The summed E-state index contributed by atoms with van der Waals surface area (Å²) in [7, 11) is 2.10. The van der Waals surface area contributed by atoms with Gasteiger partial charge in [-0.05, 0) is 43.3 Å². The van der Waals surface area contributed by atoms with E-state index >= 15 is 0 Å². The minimum absolute atomic E-state index is 0.784. The molecule has 0 radical (unpaired) electrons. The minimum atomic E-state index is 0.784. The molecule has 3 heteroatoms. The molecule has 0 atom stereocenters. The summed E-state index contributed by atoms with van der Waals surface area (Å²) in [6.07, 6.45) is 8.85. The van der Waals surface area contributed by atoms with Crippen molar-refractivity contribution in [2.75, 3.05) is 7.05 Å². The predicted octanol–water partition coefficient (Wildman–Crippen LogP) is 4.57. The van der Waals surface area contributed by atoms with E-state index in [0.29, 0.717) is 0 Å². The van der Waals surface area contributed by atoms with E-state index in [-0.39, 0.29) is 0 Å². The Morgan fingerprint density at radius 2 is 1.94 bits per heavy atom. The average Bonchev–Trinajstić information content (AvgIpc) is 2.39. The van der Waals surface area contributed by atoms with Crippen LogP contribution in [-0.2, 0) is 0 Å². The summed E-state index contributed by atoms with van der Waals surface area (Å²) >= 11 is 1.93. The zero-order valence-corrected chi connectivity index (χ0v) is 12.1. The van der Waals surface area contributed by atoms with Gasteiger partial charge in [-0.3, -0.25) is 0 Å². The molecule has 1 aliphatic rings. The van der Waals surface area contributed by atoms with Crippen LogP contribution in [0.5, 0.6) is 0 Å². The second-order valence-corrected chi connectivity index (χ2v) is 6.40. The zero-order chi connectivity index (χ0) is 12.8. The molecular formula is C15H22N2S. The van der Waals surface area contributed by atoms with Crippen molar-refractivity contribution in [3.05, 3.63) is 29.8 Å². The normalized spacial score (nSPS) is 17.2. The maximum Gasteiger partial charge on any atom is 0.101 e. The molecule has 1 aromatic carbocycles. The van der Waals surface area contributed by atoms with Crippen LogP contribution in [-0.4, -0.2) is 22.9 Å². The third-order valence-electron chi connectivity index (χ3n) is 3.34. The Bertz CT molecular complexity index is 397. The number of hydrogen-bond acceptors (Lipinski definition) is 2. The van der Waals surface area contributed by atoms with Gasteiger partial charge < -0.3 is 4.31 Å². The molecule has 98 valence electrons. The van der Waals surface area contributed by atoms with Crippen molar-refractivity contribution in [2.45, 2.75) is 44.3 Å². The zero-order valence-electron chi connectivity index (χ0n) is 11.3. The second kappa shape index (κ2) is 6.83. The SMILES string of the molecule is Cc1ccccc1N=CN(C)SC1CCCCC1. The number of para-hydroxylation sites is 1. The Balaban J connectivity index is 1.86. The van der Waals surface area contributed by atoms with Crippen molar-refractivity contribution < 1.29 is 0 Å². The van der Waals surface area contributed by atoms with Gasteiger partial charge in [0.2, 0.25) is 0 Å². The fourth-order valence-electron chi connectivity index (χ4n) is 2.28. The molecule has 0 aromatic heterocycles. The largest absolute Gasteiger partial charge is 0.310 e. The van der Waals surface area contributed by atoms with E-state index in [1.807, 2.05) is 24.4 Å². The predicted molar refractivity (Wildman–Crippen MR) is 81.6 cm³/mol. The summed E-state index contributed by atoms with van der Waals surface area (Å²) in [6.45, 7) is 2.10. The molecule has 0 spiro atoms. The average molecular weight is 262 g/mol. The molecule has 2 nitrogen and oxygen atoms in total. The first kappa shape index (κ1) is 13.5. The lowest BCUT2D eigenvalue weighted by Crippen LogP contribution is -2.16. The van der Waals surface area contributed by atoms with Gasteiger partial charge in [0.1, 0.15) is 6.34 Å². The summed E-state index contributed by atoms with van der Waals surface area (Å²) in [5, 5.41) is 0.784. The highest BCUT2D eigenvalue weighted by Gasteiger charge is 2.15. The summed E-state index contributed by atoms with van der Waals surface area (Å²) in [5.41, 5.74) is 2.29. The van der Waals surface area contributed by atoms with Gasteiger partial charge in [-0.25, -0.2) is 4.99 Å². The van der Waals surface area contributed by atoms with Crippen molar-refractivity contribution in [2.24, 2.45) is 4.99 Å². The minimum Gasteiger partial charge on any atom is -0.310 e. The van der Waals surface area contributed by atoms with E-state index in [2.05, 4.69) is 41.5 Å². The highest BCUT2D eigenvalue weighted by Crippen LogP contribution is 2.29. The van der Waals surface area contributed by atoms with E-state index in [0.717, 1.165) is 10.9 Å². The number of aliphatic imine (C=N–C) groups is 1. The van der Waals surface area contributed by atoms with Gasteiger partial charge in [-0.1, -0.05) is 37.5 Å². The van der Waals surface area contributed by atoms with Gasteiger partial charge >= 0.3 is 0 Å². The Kier molecular flexibility index (Phi) is 5.12. The standard InChI is InChI=1S/C15H22N2S/c1-13-8-6-7-11-15(13)16-12-17(2)18-14-9-4-3-5-10-14/h6-8,11-12,14H,3-5,9-10H2,1-2H3. The van der Waals surface area contributed by atoms with Crippen LogP contribution in [0.2, 0.25) is 0 Å². The Hall–Kier alpha value is -0.960. The van der Waals surface area contributed by atoms with Crippen LogP contribution in [0.1, 0.15) is 37.7 Å². The molecular weight excluding hydrogens is 240 g/mol. The Morgan fingerprint density at radius 1 is 1.22 bits per heavy atom. The Morgan fingerprint density at radius 3 is 2.67 bits per heavy atom. The van der Waals surface area contributed by atoms with Crippen LogP contribution in [0.3, 0.4) is 0 Å². The second-order valence-electron chi connectivity index (χ2n) is 4.94. The third kappa shape index (κ3) is 4.05. The molecule has 1 fully saturated rings. The van der Waals surface area contributed by atoms with Gasteiger partial charge in [0.05, 0.1) is 5.69 Å².